The number of hydrogen-bond acceptors (Lipinski definition) is 6. The summed E-state index contributed by atoms with van der Waals surface area (Å²) >= 11 is 4.95. The quantitative estimate of drug-likeness (QED) is 0.102. The highest BCUT2D eigenvalue weighted by molar-refractivity contribution is 7.29. The van der Waals surface area contributed by atoms with Gasteiger partial charge in [0.25, 0.3) is 0 Å². The van der Waals surface area contributed by atoms with Crippen LogP contribution in [0, 0.1) is 17.7 Å². The highest BCUT2D eigenvalue weighted by Crippen LogP contribution is 2.41. The Morgan fingerprint density at radius 3 is 2.09 bits per heavy atom. The van der Waals surface area contributed by atoms with Gasteiger partial charge in [0.15, 0.2) is 0 Å². The molecule has 4 aromatic heterocycles. The first-order chi connectivity index (χ1) is 23.0. The lowest BCUT2D eigenvalue weighted by Gasteiger charge is -2.14. The van der Waals surface area contributed by atoms with Gasteiger partial charge in [-0.2, -0.15) is 8.75 Å². The Kier molecular flexibility index (Phi) is 11.5. The predicted molar refractivity (Wildman–Crippen MR) is 203 cm³/mol. The Labute approximate surface area is 291 Å². The van der Waals surface area contributed by atoms with Crippen LogP contribution in [-0.2, 0) is 12.8 Å². The minimum atomic E-state index is -0.154. The first kappa shape index (κ1) is 33.9. The minimum absolute atomic E-state index is 0.154. The van der Waals surface area contributed by atoms with E-state index in [1.54, 1.807) is 17.4 Å². The molecular weight excluding hydrogens is 638 g/mol. The van der Waals surface area contributed by atoms with E-state index in [0.29, 0.717) is 5.56 Å². The smallest absolute Gasteiger partial charge is 0.132 e. The number of hydrogen-bond donors (Lipinski definition) is 0. The van der Waals surface area contributed by atoms with Crippen molar-refractivity contribution in [2.45, 2.75) is 98.3 Å². The number of aromatic nitrogens is 3. The van der Waals surface area contributed by atoms with Crippen molar-refractivity contribution in [3.05, 3.63) is 77.1 Å². The van der Waals surface area contributed by atoms with Crippen molar-refractivity contribution < 1.29 is 4.39 Å². The summed E-state index contributed by atoms with van der Waals surface area (Å²) in [4.78, 5) is 7.55. The third-order valence-electron chi connectivity index (χ3n) is 9.78. The predicted octanol–water partition coefficient (Wildman–Crippen LogP) is 13.4. The van der Waals surface area contributed by atoms with Gasteiger partial charge in [-0.25, -0.2) is 4.39 Å². The van der Waals surface area contributed by atoms with Crippen LogP contribution in [-0.4, -0.2) is 13.7 Å². The van der Waals surface area contributed by atoms with Crippen LogP contribution in [0.25, 0.3) is 53.3 Å². The van der Waals surface area contributed by atoms with Crippen LogP contribution in [0.1, 0.15) is 95.9 Å². The summed E-state index contributed by atoms with van der Waals surface area (Å²) in [6.45, 7) is 9.12. The summed E-state index contributed by atoms with van der Waals surface area (Å²) < 4.78 is 27.4. The fourth-order valence-electron chi connectivity index (χ4n) is 6.79. The second kappa shape index (κ2) is 15.9. The summed E-state index contributed by atoms with van der Waals surface area (Å²) in [5.41, 5.74) is 7.16. The Balaban J connectivity index is 1.17. The topological polar surface area (TPSA) is 38.7 Å². The molecule has 0 amide bonds. The monoisotopic (exact) mass is 683 g/mol. The van der Waals surface area contributed by atoms with Gasteiger partial charge in [0.05, 0.1) is 16.6 Å². The lowest BCUT2D eigenvalue weighted by Crippen LogP contribution is -2.01. The van der Waals surface area contributed by atoms with Crippen molar-refractivity contribution in [3.63, 3.8) is 0 Å². The normalized spacial score (nSPS) is 13.1. The number of halogens is 1. The van der Waals surface area contributed by atoms with Crippen molar-refractivity contribution in [2.75, 3.05) is 0 Å². The number of benzene rings is 2. The standard InChI is InChI=1S/C40H46FN3S3/c1-5-9-11-27(8-4)12-13-28-15-21-32(34(41)22-28)29-16-18-30(19-17-29)33-25-42-39(40-38(33)43-47-44-40)37-24-36-35(46-37)23-31(45-36)20-14-26(7-3)10-6-2/h15-19,21-27H,5-14,20H2,1-4H3. The largest absolute Gasteiger partial charge is 0.252 e. The fraction of sp³-hybridized carbons (Fsp3) is 0.425. The van der Waals surface area contributed by atoms with Crippen LogP contribution in [0.4, 0.5) is 4.39 Å². The summed E-state index contributed by atoms with van der Waals surface area (Å²) in [5.74, 6) is 1.40. The van der Waals surface area contributed by atoms with Gasteiger partial charge in [0.1, 0.15) is 22.5 Å². The molecule has 246 valence electrons. The number of rotatable bonds is 16. The zero-order valence-electron chi connectivity index (χ0n) is 28.2. The van der Waals surface area contributed by atoms with E-state index in [1.807, 2.05) is 47.9 Å². The molecule has 3 nitrogen and oxygen atoms in total. The molecule has 0 radical (unpaired) electrons. The molecule has 0 spiro atoms. The fourth-order valence-corrected chi connectivity index (χ4v) is 9.79. The molecule has 0 aliphatic rings. The molecule has 2 unspecified atom stereocenters. The zero-order valence-corrected chi connectivity index (χ0v) is 30.6. The number of aryl methyl sites for hydroxylation is 2. The molecule has 4 heterocycles. The average molecular weight is 684 g/mol. The van der Waals surface area contributed by atoms with Gasteiger partial charge < -0.3 is 0 Å². The van der Waals surface area contributed by atoms with Crippen LogP contribution in [0.15, 0.2) is 60.8 Å². The van der Waals surface area contributed by atoms with Gasteiger partial charge in [-0.1, -0.05) is 109 Å². The zero-order chi connectivity index (χ0) is 32.8. The molecule has 2 aromatic carbocycles. The average Bonchev–Trinajstić information content (AvgIpc) is 3.83. The third-order valence-corrected chi connectivity index (χ3v) is 12.7. The van der Waals surface area contributed by atoms with Crippen molar-refractivity contribution >= 4 is 54.8 Å². The highest BCUT2D eigenvalue weighted by atomic mass is 32.1. The molecule has 0 saturated heterocycles. The van der Waals surface area contributed by atoms with E-state index in [4.69, 9.17) is 9.36 Å². The number of nitrogens with zero attached hydrogens (tertiary/aromatic N) is 3. The molecular formula is C40H46FN3S3. The molecule has 0 bridgehead atoms. The van der Waals surface area contributed by atoms with E-state index in [1.165, 1.54) is 83.8 Å². The van der Waals surface area contributed by atoms with E-state index in [-0.39, 0.29) is 5.82 Å². The maximum atomic E-state index is 15.3. The Morgan fingerprint density at radius 1 is 0.681 bits per heavy atom. The molecule has 0 aliphatic carbocycles. The van der Waals surface area contributed by atoms with Crippen molar-refractivity contribution in [2.24, 2.45) is 11.8 Å². The van der Waals surface area contributed by atoms with E-state index in [9.17, 15) is 0 Å². The molecule has 0 fully saturated rings. The molecule has 7 heteroatoms. The van der Waals surface area contributed by atoms with Crippen LogP contribution in [0.3, 0.4) is 0 Å². The second-order valence-electron chi connectivity index (χ2n) is 13.0. The van der Waals surface area contributed by atoms with Crippen LogP contribution in [0.2, 0.25) is 0 Å². The van der Waals surface area contributed by atoms with E-state index >= 15 is 4.39 Å². The molecule has 47 heavy (non-hydrogen) atoms. The van der Waals surface area contributed by atoms with Crippen LogP contribution in [0.5, 0.6) is 0 Å². The highest BCUT2D eigenvalue weighted by Gasteiger charge is 2.18. The van der Waals surface area contributed by atoms with Gasteiger partial charge in [0, 0.05) is 31.6 Å². The Bertz CT molecular complexity index is 1870. The molecule has 2 atom stereocenters. The second-order valence-corrected chi connectivity index (χ2v) is 15.8. The first-order valence-electron chi connectivity index (χ1n) is 17.5. The summed E-state index contributed by atoms with van der Waals surface area (Å²) in [6, 6.07) is 18.5. The van der Waals surface area contributed by atoms with Gasteiger partial charge in [-0.15, -0.1) is 22.7 Å². The Morgan fingerprint density at radius 2 is 1.38 bits per heavy atom. The molecule has 0 N–H and O–H groups in total. The lowest BCUT2D eigenvalue weighted by atomic mass is 9.91. The molecule has 6 aromatic rings. The molecule has 0 saturated carbocycles. The SMILES string of the molecule is CCCCC(CC)CCc1ccc(-c2ccc(-c3cnc(-c4cc5sc(CCC(CC)CCC)cc5s4)c4nsnc34)cc2)c(F)c1. The molecule has 6 rings (SSSR count). The minimum Gasteiger partial charge on any atom is -0.252 e. The lowest BCUT2D eigenvalue weighted by molar-refractivity contribution is 0.421. The number of pyridine rings is 1. The van der Waals surface area contributed by atoms with Crippen LogP contribution >= 0.6 is 34.4 Å². The Hall–Kier alpha value is -3.00. The van der Waals surface area contributed by atoms with Crippen molar-refractivity contribution in [1.82, 2.24) is 13.7 Å². The maximum absolute atomic E-state index is 15.3. The first-order valence-corrected chi connectivity index (χ1v) is 19.9. The van der Waals surface area contributed by atoms with Crippen molar-refractivity contribution in [1.29, 1.82) is 0 Å². The van der Waals surface area contributed by atoms with Crippen LogP contribution < -0.4 is 0 Å². The van der Waals surface area contributed by atoms with Gasteiger partial charge in [-0.05, 0) is 72.4 Å². The number of thiophene rings is 2. The summed E-state index contributed by atoms with van der Waals surface area (Å²) in [7, 11) is 0. The number of fused-ring (bicyclic) bond motifs is 2. The van der Waals surface area contributed by atoms with Gasteiger partial charge in [0.2, 0.25) is 0 Å². The van der Waals surface area contributed by atoms with Crippen molar-refractivity contribution in [3.8, 4) is 32.8 Å². The summed E-state index contributed by atoms with van der Waals surface area (Å²) in [6.07, 6.45) is 15.3. The summed E-state index contributed by atoms with van der Waals surface area (Å²) in [5, 5.41) is 0. The van der Waals surface area contributed by atoms with E-state index < -0.39 is 0 Å². The van der Waals surface area contributed by atoms with Gasteiger partial charge >= 0.3 is 0 Å². The van der Waals surface area contributed by atoms with E-state index in [2.05, 4.69) is 50.3 Å². The number of unbranched alkanes of at least 4 members (excludes halogenated alkanes) is 1. The van der Waals surface area contributed by atoms with E-state index in [0.717, 1.165) is 68.5 Å². The molecule has 0 aliphatic heterocycles. The third kappa shape index (κ3) is 7.84. The maximum Gasteiger partial charge on any atom is 0.132 e. The van der Waals surface area contributed by atoms with Gasteiger partial charge in [-0.3, -0.25) is 4.98 Å².